The summed E-state index contributed by atoms with van der Waals surface area (Å²) in [5.74, 6) is -0.991. The van der Waals surface area contributed by atoms with Crippen molar-refractivity contribution in [2.24, 2.45) is 5.73 Å². The smallest absolute Gasteiger partial charge is 0.419 e. The molecular weight excluding hydrogens is 288 g/mol. The summed E-state index contributed by atoms with van der Waals surface area (Å²) in [6.45, 7) is 0. The molecule has 0 spiro atoms. The van der Waals surface area contributed by atoms with Crippen LogP contribution >= 0.6 is 0 Å². The van der Waals surface area contributed by atoms with Crippen molar-refractivity contribution in [3.8, 4) is 5.75 Å². The summed E-state index contributed by atoms with van der Waals surface area (Å²) in [6.07, 6.45) is -3.33. The van der Waals surface area contributed by atoms with E-state index >= 15 is 0 Å². The van der Waals surface area contributed by atoms with Gasteiger partial charge in [0.2, 0.25) is 0 Å². The third-order valence-corrected chi connectivity index (χ3v) is 2.97. The van der Waals surface area contributed by atoms with Crippen molar-refractivity contribution in [3.63, 3.8) is 0 Å². The molecule has 2 N–H and O–H groups in total. The highest BCUT2D eigenvalue weighted by molar-refractivity contribution is 5.38. The van der Waals surface area contributed by atoms with Crippen LogP contribution < -0.4 is 10.5 Å². The average molecular weight is 300 g/mol. The summed E-state index contributed by atoms with van der Waals surface area (Å²) >= 11 is 0. The Bertz CT molecular complexity index is 643. The quantitative estimate of drug-likeness (QED) is 0.885. The van der Waals surface area contributed by atoms with Crippen molar-refractivity contribution in [2.75, 3.05) is 7.11 Å². The number of rotatable bonds is 3. The molecule has 1 unspecified atom stereocenters. The molecule has 0 amide bonds. The first kappa shape index (κ1) is 15.2. The first-order valence-electron chi connectivity index (χ1n) is 5.95. The van der Waals surface area contributed by atoms with Gasteiger partial charge in [0.15, 0.2) is 0 Å². The summed E-state index contributed by atoms with van der Waals surface area (Å²) in [5, 5.41) is 0. The fraction of sp³-hybridized carbons (Fsp3) is 0.214. The van der Waals surface area contributed by atoms with Crippen LogP contribution in [0.25, 0.3) is 0 Å². The average Bonchev–Trinajstić information content (AvgIpc) is 2.45. The summed E-state index contributed by atoms with van der Waals surface area (Å²) in [6, 6.07) is 4.88. The fourth-order valence-electron chi connectivity index (χ4n) is 1.92. The molecule has 1 aromatic carbocycles. The van der Waals surface area contributed by atoms with Crippen molar-refractivity contribution in [3.05, 3.63) is 59.2 Å². The molecule has 2 rings (SSSR count). The molecule has 0 saturated carbocycles. The van der Waals surface area contributed by atoms with Crippen LogP contribution in [0.1, 0.15) is 22.9 Å². The van der Waals surface area contributed by atoms with Gasteiger partial charge in [-0.05, 0) is 29.8 Å². The maximum absolute atomic E-state index is 13.3. The zero-order valence-corrected chi connectivity index (χ0v) is 11.0. The van der Waals surface area contributed by atoms with Gasteiger partial charge in [0.1, 0.15) is 17.3 Å². The van der Waals surface area contributed by atoms with Gasteiger partial charge in [-0.15, -0.1) is 0 Å². The van der Waals surface area contributed by atoms with E-state index in [4.69, 9.17) is 10.5 Å². The molecule has 0 aliphatic heterocycles. The van der Waals surface area contributed by atoms with Gasteiger partial charge >= 0.3 is 6.18 Å². The van der Waals surface area contributed by atoms with Crippen LogP contribution in [0.15, 0.2) is 36.5 Å². The van der Waals surface area contributed by atoms with Gasteiger partial charge in [0, 0.05) is 6.20 Å². The number of alkyl halides is 3. The zero-order chi connectivity index (χ0) is 15.6. The molecule has 2 aromatic rings. The van der Waals surface area contributed by atoms with Crippen LogP contribution in [0, 0.1) is 5.82 Å². The van der Waals surface area contributed by atoms with Crippen molar-refractivity contribution >= 4 is 0 Å². The Kier molecular flexibility index (Phi) is 4.13. The number of aromatic nitrogens is 1. The van der Waals surface area contributed by atoms with Gasteiger partial charge in [-0.25, -0.2) is 4.39 Å². The van der Waals surface area contributed by atoms with Crippen molar-refractivity contribution in [1.82, 2.24) is 4.98 Å². The minimum Gasteiger partial charge on any atom is -0.495 e. The van der Waals surface area contributed by atoms with Crippen LogP contribution in [0.5, 0.6) is 5.75 Å². The lowest BCUT2D eigenvalue weighted by atomic mass is 10.0. The molecule has 0 saturated heterocycles. The fourth-order valence-corrected chi connectivity index (χ4v) is 1.92. The predicted molar refractivity (Wildman–Crippen MR) is 68.2 cm³/mol. The molecule has 0 aliphatic rings. The normalized spacial score (nSPS) is 13.0. The molecule has 112 valence electrons. The van der Waals surface area contributed by atoms with Crippen LogP contribution in [-0.2, 0) is 6.18 Å². The highest BCUT2D eigenvalue weighted by Gasteiger charge is 2.34. The molecule has 0 bridgehead atoms. The Hall–Kier alpha value is -2.15. The van der Waals surface area contributed by atoms with Crippen LogP contribution in [0.2, 0.25) is 0 Å². The Morgan fingerprint density at radius 2 is 1.95 bits per heavy atom. The summed E-state index contributed by atoms with van der Waals surface area (Å²) in [7, 11) is 1.40. The SMILES string of the molecule is COc1cccnc1C(N)c1ccc(F)c(C(F)(F)F)c1. The number of hydrogen-bond acceptors (Lipinski definition) is 3. The minimum atomic E-state index is -4.78. The van der Waals surface area contributed by atoms with E-state index in [0.717, 1.165) is 6.07 Å². The van der Waals surface area contributed by atoms with Crippen LogP contribution in [0.3, 0.4) is 0 Å². The Balaban J connectivity index is 2.47. The maximum Gasteiger partial charge on any atom is 0.419 e. The van der Waals surface area contributed by atoms with Gasteiger partial charge in [-0.2, -0.15) is 13.2 Å². The third kappa shape index (κ3) is 3.13. The van der Waals surface area contributed by atoms with E-state index in [1.165, 1.54) is 19.4 Å². The van der Waals surface area contributed by atoms with Crippen molar-refractivity contribution in [1.29, 1.82) is 0 Å². The van der Waals surface area contributed by atoms with E-state index in [0.29, 0.717) is 11.8 Å². The first-order valence-corrected chi connectivity index (χ1v) is 5.95. The Morgan fingerprint density at radius 1 is 1.24 bits per heavy atom. The van der Waals surface area contributed by atoms with Gasteiger partial charge in [0.05, 0.1) is 18.7 Å². The molecule has 0 radical (unpaired) electrons. The second kappa shape index (κ2) is 5.69. The molecule has 0 fully saturated rings. The molecule has 3 nitrogen and oxygen atoms in total. The second-order valence-electron chi connectivity index (χ2n) is 4.31. The van der Waals surface area contributed by atoms with E-state index in [9.17, 15) is 17.6 Å². The summed E-state index contributed by atoms with van der Waals surface area (Å²) in [4.78, 5) is 4.02. The summed E-state index contributed by atoms with van der Waals surface area (Å²) in [5.41, 5.74) is 4.94. The van der Waals surface area contributed by atoms with Crippen molar-refractivity contribution < 1.29 is 22.3 Å². The zero-order valence-electron chi connectivity index (χ0n) is 11.0. The second-order valence-corrected chi connectivity index (χ2v) is 4.31. The number of halogens is 4. The number of ether oxygens (including phenoxy) is 1. The number of benzene rings is 1. The molecule has 1 atom stereocenters. The van der Waals surface area contributed by atoms with E-state index < -0.39 is 23.6 Å². The van der Waals surface area contributed by atoms with Gasteiger partial charge in [-0.1, -0.05) is 6.07 Å². The third-order valence-electron chi connectivity index (χ3n) is 2.97. The van der Waals surface area contributed by atoms with Gasteiger partial charge in [0.25, 0.3) is 0 Å². The Morgan fingerprint density at radius 3 is 2.57 bits per heavy atom. The van der Waals surface area contributed by atoms with Crippen LogP contribution in [-0.4, -0.2) is 12.1 Å². The van der Waals surface area contributed by atoms with E-state index in [1.807, 2.05) is 0 Å². The maximum atomic E-state index is 13.3. The molecule has 7 heteroatoms. The van der Waals surface area contributed by atoms with E-state index in [1.54, 1.807) is 12.1 Å². The standard InChI is InChI=1S/C14H12F4N2O/c1-21-11-3-2-6-20-13(11)12(19)8-4-5-10(15)9(7-8)14(16,17)18/h2-7,12H,19H2,1H3. The van der Waals surface area contributed by atoms with E-state index in [-0.39, 0.29) is 11.3 Å². The number of nitrogens with zero attached hydrogens (tertiary/aromatic N) is 1. The van der Waals surface area contributed by atoms with Gasteiger partial charge in [-0.3, -0.25) is 4.98 Å². The molecule has 21 heavy (non-hydrogen) atoms. The van der Waals surface area contributed by atoms with Crippen LogP contribution in [0.4, 0.5) is 17.6 Å². The van der Waals surface area contributed by atoms with E-state index in [2.05, 4.69) is 4.98 Å². The lowest BCUT2D eigenvalue weighted by Gasteiger charge is -2.16. The van der Waals surface area contributed by atoms with Gasteiger partial charge < -0.3 is 10.5 Å². The number of nitrogens with two attached hydrogens (primary N) is 1. The number of methoxy groups -OCH3 is 1. The minimum absolute atomic E-state index is 0.0979. The highest BCUT2D eigenvalue weighted by atomic mass is 19.4. The highest BCUT2D eigenvalue weighted by Crippen LogP contribution is 2.34. The lowest BCUT2D eigenvalue weighted by molar-refractivity contribution is -0.140. The number of pyridine rings is 1. The summed E-state index contributed by atoms with van der Waals surface area (Å²) < 4.78 is 56.5. The lowest BCUT2D eigenvalue weighted by Crippen LogP contribution is -2.17. The Labute approximate surface area is 118 Å². The first-order chi connectivity index (χ1) is 9.84. The number of hydrogen-bond donors (Lipinski definition) is 1. The molecule has 1 aromatic heterocycles. The van der Waals surface area contributed by atoms with Crippen molar-refractivity contribution in [2.45, 2.75) is 12.2 Å². The molecule has 0 aliphatic carbocycles. The predicted octanol–water partition coefficient (Wildman–Crippen LogP) is 3.30. The topological polar surface area (TPSA) is 48.1 Å². The monoisotopic (exact) mass is 300 g/mol. The molecule has 1 heterocycles. The molecular formula is C14H12F4N2O. The largest absolute Gasteiger partial charge is 0.495 e.